The zero-order valence-corrected chi connectivity index (χ0v) is 10.9. The number of aryl methyl sites for hydroxylation is 1. The van der Waals surface area contributed by atoms with Crippen LogP contribution in [0.5, 0.6) is 0 Å². The molecule has 0 atom stereocenters. The van der Waals surface area contributed by atoms with Gasteiger partial charge in [-0.3, -0.25) is 4.79 Å². The van der Waals surface area contributed by atoms with Gasteiger partial charge in [-0.25, -0.2) is 4.39 Å². The van der Waals surface area contributed by atoms with E-state index in [4.69, 9.17) is 5.11 Å². The van der Waals surface area contributed by atoms with E-state index in [1.807, 2.05) is 6.92 Å². The average Bonchev–Trinajstić information content (AvgIpc) is 2.20. The van der Waals surface area contributed by atoms with Gasteiger partial charge in [0, 0.05) is 10.9 Å². The summed E-state index contributed by atoms with van der Waals surface area (Å²) in [7, 11) is 0. The van der Waals surface area contributed by atoms with E-state index in [2.05, 4.69) is 15.9 Å². The zero-order valence-electron chi connectivity index (χ0n) is 9.31. The summed E-state index contributed by atoms with van der Waals surface area (Å²) in [4.78, 5) is 10.4. The molecule has 16 heavy (non-hydrogen) atoms. The number of rotatable bonds is 4. The highest BCUT2D eigenvalue weighted by Crippen LogP contribution is 2.26. The van der Waals surface area contributed by atoms with Crippen LogP contribution in [0.1, 0.15) is 29.5 Å². The number of carboxylic acid groups (broad SMARTS) is 1. The molecule has 0 saturated carbocycles. The first-order valence-electron chi connectivity index (χ1n) is 5.09. The molecular weight excluding hydrogens is 275 g/mol. The average molecular weight is 289 g/mol. The van der Waals surface area contributed by atoms with E-state index in [1.54, 1.807) is 13.0 Å². The van der Waals surface area contributed by atoms with Crippen molar-refractivity contribution in [1.29, 1.82) is 0 Å². The van der Waals surface area contributed by atoms with Gasteiger partial charge in [0.05, 0.1) is 0 Å². The van der Waals surface area contributed by atoms with Crippen LogP contribution >= 0.6 is 15.9 Å². The highest BCUT2D eigenvalue weighted by atomic mass is 79.9. The lowest BCUT2D eigenvalue weighted by Gasteiger charge is -2.11. The van der Waals surface area contributed by atoms with Gasteiger partial charge in [0.1, 0.15) is 5.82 Å². The maximum absolute atomic E-state index is 13.8. The Bertz CT molecular complexity index is 390. The Morgan fingerprint density at radius 2 is 2.12 bits per heavy atom. The highest BCUT2D eigenvalue weighted by molar-refractivity contribution is 9.10. The number of halogens is 2. The van der Waals surface area contributed by atoms with Crippen LogP contribution in [0.2, 0.25) is 0 Å². The molecule has 0 aliphatic rings. The number of carbonyl (C=O) groups is 1. The van der Waals surface area contributed by atoms with Gasteiger partial charge in [-0.1, -0.05) is 15.9 Å². The van der Waals surface area contributed by atoms with Crippen LogP contribution in [0.3, 0.4) is 0 Å². The fourth-order valence-corrected chi connectivity index (χ4v) is 2.20. The van der Waals surface area contributed by atoms with Crippen molar-refractivity contribution in [2.24, 2.45) is 0 Å². The number of carboxylic acids is 1. The second-order valence-corrected chi connectivity index (χ2v) is 4.69. The van der Waals surface area contributed by atoms with Gasteiger partial charge in [-0.2, -0.15) is 0 Å². The van der Waals surface area contributed by atoms with Crippen LogP contribution < -0.4 is 0 Å². The SMILES string of the molecule is Cc1cc(Br)c(C)c(CCCC(=O)O)c1F. The molecule has 0 spiro atoms. The molecule has 0 bridgehead atoms. The maximum atomic E-state index is 13.8. The van der Waals surface area contributed by atoms with E-state index in [-0.39, 0.29) is 12.2 Å². The third-order valence-corrected chi connectivity index (χ3v) is 3.41. The van der Waals surface area contributed by atoms with E-state index in [0.29, 0.717) is 24.0 Å². The van der Waals surface area contributed by atoms with E-state index in [9.17, 15) is 9.18 Å². The summed E-state index contributed by atoms with van der Waals surface area (Å²) in [5.74, 6) is -1.06. The number of hydrogen-bond donors (Lipinski definition) is 1. The van der Waals surface area contributed by atoms with Crippen molar-refractivity contribution < 1.29 is 14.3 Å². The molecule has 0 heterocycles. The molecule has 1 aromatic rings. The zero-order chi connectivity index (χ0) is 12.3. The van der Waals surface area contributed by atoms with Gasteiger partial charge < -0.3 is 5.11 Å². The minimum absolute atomic E-state index is 0.0739. The minimum Gasteiger partial charge on any atom is -0.481 e. The predicted octanol–water partition coefficient (Wildman–Crippen LogP) is 3.61. The van der Waals surface area contributed by atoms with E-state index < -0.39 is 5.97 Å². The Hall–Kier alpha value is -0.900. The molecular formula is C12H14BrFO2. The molecule has 0 aromatic heterocycles. The van der Waals surface area contributed by atoms with Crippen LogP contribution in [0.4, 0.5) is 4.39 Å². The molecule has 0 unspecified atom stereocenters. The third kappa shape index (κ3) is 3.04. The number of hydrogen-bond acceptors (Lipinski definition) is 1. The molecule has 1 aromatic carbocycles. The lowest BCUT2D eigenvalue weighted by molar-refractivity contribution is -0.137. The Labute approximate surface area is 103 Å². The summed E-state index contributed by atoms with van der Waals surface area (Å²) in [5.41, 5.74) is 2.06. The van der Waals surface area contributed by atoms with Gasteiger partial charge in [0.25, 0.3) is 0 Å². The Morgan fingerprint density at radius 1 is 1.50 bits per heavy atom. The number of aliphatic carboxylic acids is 1. The lowest BCUT2D eigenvalue weighted by atomic mass is 9.99. The van der Waals surface area contributed by atoms with Crippen molar-refractivity contribution in [2.75, 3.05) is 0 Å². The molecule has 88 valence electrons. The molecule has 2 nitrogen and oxygen atoms in total. The largest absolute Gasteiger partial charge is 0.481 e. The summed E-state index contributed by atoms with van der Waals surface area (Å²) in [6.45, 7) is 3.54. The topological polar surface area (TPSA) is 37.3 Å². The maximum Gasteiger partial charge on any atom is 0.303 e. The monoisotopic (exact) mass is 288 g/mol. The first kappa shape index (κ1) is 13.2. The molecule has 4 heteroatoms. The first-order valence-corrected chi connectivity index (χ1v) is 5.88. The van der Waals surface area contributed by atoms with Crippen molar-refractivity contribution in [3.05, 3.63) is 33.0 Å². The quantitative estimate of drug-likeness (QED) is 0.919. The smallest absolute Gasteiger partial charge is 0.303 e. The molecule has 0 saturated heterocycles. The van der Waals surface area contributed by atoms with Gasteiger partial charge in [-0.05, 0) is 49.4 Å². The van der Waals surface area contributed by atoms with Crippen molar-refractivity contribution in [3.8, 4) is 0 Å². The van der Waals surface area contributed by atoms with Crippen LogP contribution in [0.25, 0.3) is 0 Å². The first-order chi connectivity index (χ1) is 7.43. The van der Waals surface area contributed by atoms with Crippen molar-refractivity contribution >= 4 is 21.9 Å². The summed E-state index contributed by atoms with van der Waals surface area (Å²) in [6.07, 6.45) is 0.998. The minimum atomic E-state index is -0.843. The van der Waals surface area contributed by atoms with E-state index in [0.717, 1.165) is 10.0 Å². The van der Waals surface area contributed by atoms with E-state index >= 15 is 0 Å². The van der Waals surface area contributed by atoms with E-state index in [1.165, 1.54) is 0 Å². The molecule has 0 aliphatic carbocycles. The predicted molar refractivity (Wildman–Crippen MR) is 64.1 cm³/mol. The molecule has 0 radical (unpaired) electrons. The van der Waals surface area contributed by atoms with Crippen LogP contribution in [-0.4, -0.2) is 11.1 Å². The third-order valence-electron chi connectivity index (χ3n) is 2.58. The molecule has 1 rings (SSSR count). The Morgan fingerprint density at radius 3 is 2.69 bits per heavy atom. The molecule has 0 fully saturated rings. The molecule has 1 N–H and O–H groups in total. The van der Waals surface area contributed by atoms with Crippen molar-refractivity contribution in [3.63, 3.8) is 0 Å². The second-order valence-electron chi connectivity index (χ2n) is 3.84. The van der Waals surface area contributed by atoms with Gasteiger partial charge in [0.2, 0.25) is 0 Å². The molecule has 0 aliphatic heterocycles. The fourth-order valence-electron chi connectivity index (χ4n) is 1.62. The van der Waals surface area contributed by atoms with Gasteiger partial charge in [0.15, 0.2) is 0 Å². The summed E-state index contributed by atoms with van der Waals surface area (Å²) < 4.78 is 14.7. The highest BCUT2D eigenvalue weighted by Gasteiger charge is 2.12. The van der Waals surface area contributed by atoms with Crippen LogP contribution in [0, 0.1) is 19.7 Å². The lowest BCUT2D eigenvalue weighted by Crippen LogP contribution is -2.01. The van der Waals surface area contributed by atoms with Gasteiger partial charge >= 0.3 is 5.97 Å². The Balaban J connectivity index is 2.90. The fraction of sp³-hybridized carbons (Fsp3) is 0.417. The molecule has 0 amide bonds. The summed E-state index contributed by atoms with van der Waals surface area (Å²) in [6, 6.07) is 1.74. The second kappa shape index (κ2) is 5.43. The normalized spacial score (nSPS) is 10.5. The van der Waals surface area contributed by atoms with Crippen LogP contribution in [0.15, 0.2) is 10.5 Å². The van der Waals surface area contributed by atoms with Crippen molar-refractivity contribution in [2.45, 2.75) is 33.1 Å². The van der Waals surface area contributed by atoms with Crippen LogP contribution in [-0.2, 0) is 11.2 Å². The summed E-state index contributed by atoms with van der Waals surface area (Å²) in [5, 5.41) is 8.54. The van der Waals surface area contributed by atoms with Crippen molar-refractivity contribution in [1.82, 2.24) is 0 Å². The Kier molecular flexibility index (Phi) is 4.47. The standard InChI is InChI=1S/C12H14BrFO2/c1-7-6-10(13)8(2)9(12(7)14)4-3-5-11(15)16/h6H,3-5H2,1-2H3,(H,15,16). The van der Waals surface area contributed by atoms with Gasteiger partial charge in [-0.15, -0.1) is 0 Å². The number of benzene rings is 1. The summed E-state index contributed by atoms with van der Waals surface area (Å²) >= 11 is 3.37.